The van der Waals surface area contributed by atoms with Gasteiger partial charge in [-0.05, 0) is 6.42 Å². The maximum Gasteiger partial charge on any atom is 0.260 e. The Morgan fingerprint density at radius 2 is 2.46 bits per heavy atom. The number of unbranched alkanes of at least 4 members (excludes halogenated alkanes) is 1. The number of amides is 1. The number of ether oxygens (including phenoxy) is 1. The second-order valence-electron chi connectivity index (χ2n) is 2.97. The van der Waals surface area contributed by atoms with E-state index in [4.69, 9.17) is 4.74 Å². The smallest absolute Gasteiger partial charge is 0.260 e. The Kier molecular flexibility index (Phi) is 3.68. The molecular weight excluding hydrogens is 170 g/mol. The van der Waals surface area contributed by atoms with Crippen LogP contribution in [0.15, 0.2) is 5.57 Å². The van der Waals surface area contributed by atoms with Crippen molar-refractivity contribution in [2.24, 2.45) is 0 Å². The largest absolute Gasteiger partial charge is 0.358 e. The minimum atomic E-state index is -0.350. The molecule has 0 aliphatic carbocycles. The van der Waals surface area contributed by atoms with Gasteiger partial charge in [0, 0.05) is 13.0 Å². The summed E-state index contributed by atoms with van der Waals surface area (Å²) in [7, 11) is 0. The molecule has 1 saturated heterocycles. The summed E-state index contributed by atoms with van der Waals surface area (Å²) in [6, 6.07) is 0. The zero-order valence-corrected chi connectivity index (χ0v) is 7.63. The van der Waals surface area contributed by atoms with Crippen LogP contribution in [0.4, 0.5) is 0 Å². The molecule has 1 unspecified atom stereocenters. The fourth-order valence-electron chi connectivity index (χ4n) is 1.12. The monoisotopic (exact) mass is 183 g/mol. The first kappa shape index (κ1) is 9.96. The molecule has 1 fully saturated rings. The molecule has 0 radical (unpaired) electrons. The van der Waals surface area contributed by atoms with Crippen LogP contribution in [-0.2, 0) is 14.3 Å². The number of hydrogen-bond donors (Lipinski definition) is 1. The molecule has 0 spiro atoms. The molecule has 1 aliphatic heterocycles. The quantitative estimate of drug-likeness (QED) is 0.390. The first-order valence-corrected chi connectivity index (χ1v) is 4.44. The third kappa shape index (κ3) is 2.68. The van der Waals surface area contributed by atoms with Crippen molar-refractivity contribution in [1.82, 2.24) is 5.32 Å². The maximum atomic E-state index is 11.0. The van der Waals surface area contributed by atoms with E-state index in [1.54, 1.807) is 5.94 Å². The van der Waals surface area contributed by atoms with Gasteiger partial charge in [0.25, 0.3) is 5.91 Å². The minimum absolute atomic E-state index is 0.154. The normalized spacial score (nSPS) is 21.5. The highest BCUT2D eigenvalue weighted by Gasteiger charge is 2.27. The molecule has 4 heteroatoms. The van der Waals surface area contributed by atoms with E-state index in [0.29, 0.717) is 13.0 Å². The molecule has 1 aliphatic rings. The standard InChI is InChI=1S/C9H13NO3/c1-2-3-4-13-8-5-7(6-11)9(12)10-8/h8H,2-5H2,1H3,(H,10,12). The number of hydrogen-bond acceptors (Lipinski definition) is 3. The van der Waals surface area contributed by atoms with Crippen molar-refractivity contribution in [3.63, 3.8) is 0 Å². The molecule has 13 heavy (non-hydrogen) atoms. The molecule has 1 atom stereocenters. The van der Waals surface area contributed by atoms with E-state index in [0.717, 1.165) is 12.8 Å². The molecule has 1 amide bonds. The van der Waals surface area contributed by atoms with Gasteiger partial charge in [-0.1, -0.05) is 13.3 Å². The lowest BCUT2D eigenvalue weighted by atomic mass is 10.2. The SMILES string of the molecule is CCCCOC1CC(=C=O)C(=O)N1. The maximum absolute atomic E-state index is 11.0. The van der Waals surface area contributed by atoms with Crippen molar-refractivity contribution in [3.8, 4) is 0 Å². The van der Waals surface area contributed by atoms with Crippen LogP contribution in [-0.4, -0.2) is 24.7 Å². The lowest BCUT2D eigenvalue weighted by Gasteiger charge is -2.09. The minimum Gasteiger partial charge on any atom is -0.358 e. The molecule has 0 aromatic carbocycles. The second kappa shape index (κ2) is 4.80. The van der Waals surface area contributed by atoms with E-state index in [2.05, 4.69) is 12.2 Å². The summed E-state index contributed by atoms with van der Waals surface area (Å²) in [6.45, 7) is 2.68. The lowest BCUT2D eigenvalue weighted by Crippen LogP contribution is -2.28. The molecule has 0 aromatic rings. The Hall–Kier alpha value is -1.12. The van der Waals surface area contributed by atoms with Crippen molar-refractivity contribution in [2.45, 2.75) is 32.4 Å². The second-order valence-corrected chi connectivity index (χ2v) is 2.97. The van der Waals surface area contributed by atoms with Crippen LogP contribution >= 0.6 is 0 Å². The van der Waals surface area contributed by atoms with Crippen molar-refractivity contribution >= 4 is 11.8 Å². The molecule has 0 aromatic heterocycles. The Morgan fingerprint density at radius 1 is 1.69 bits per heavy atom. The summed E-state index contributed by atoms with van der Waals surface area (Å²) in [6.07, 6.45) is 2.03. The summed E-state index contributed by atoms with van der Waals surface area (Å²) in [5, 5.41) is 2.55. The van der Waals surface area contributed by atoms with E-state index < -0.39 is 0 Å². The third-order valence-corrected chi connectivity index (χ3v) is 1.90. The van der Waals surface area contributed by atoms with E-state index in [1.165, 1.54) is 0 Å². The summed E-state index contributed by atoms with van der Waals surface area (Å²) in [4.78, 5) is 21.2. The van der Waals surface area contributed by atoms with Gasteiger partial charge >= 0.3 is 0 Å². The molecule has 0 saturated carbocycles. The first-order chi connectivity index (χ1) is 6.27. The van der Waals surface area contributed by atoms with Crippen LogP contribution in [0, 0.1) is 0 Å². The van der Waals surface area contributed by atoms with Gasteiger partial charge in [0.15, 0.2) is 0 Å². The van der Waals surface area contributed by atoms with E-state index >= 15 is 0 Å². The van der Waals surface area contributed by atoms with Crippen LogP contribution < -0.4 is 5.32 Å². The topological polar surface area (TPSA) is 55.4 Å². The highest BCUT2D eigenvalue weighted by Crippen LogP contribution is 2.12. The fourth-order valence-corrected chi connectivity index (χ4v) is 1.12. The number of rotatable bonds is 4. The van der Waals surface area contributed by atoms with Crippen molar-refractivity contribution in [2.75, 3.05) is 6.61 Å². The summed E-state index contributed by atoms with van der Waals surface area (Å²) < 4.78 is 5.31. The molecule has 4 nitrogen and oxygen atoms in total. The predicted molar refractivity (Wildman–Crippen MR) is 46.6 cm³/mol. The van der Waals surface area contributed by atoms with Gasteiger partial charge in [-0.3, -0.25) is 4.79 Å². The Labute approximate surface area is 76.9 Å². The average molecular weight is 183 g/mol. The molecule has 72 valence electrons. The number of nitrogens with one attached hydrogen (secondary N) is 1. The van der Waals surface area contributed by atoms with Crippen LogP contribution in [0.5, 0.6) is 0 Å². The molecule has 1 heterocycles. The van der Waals surface area contributed by atoms with Gasteiger partial charge in [0.1, 0.15) is 17.7 Å². The third-order valence-electron chi connectivity index (χ3n) is 1.90. The summed E-state index contributed by atoms with van der Waals surface area (Å²) in [5.41, 5.74) is 0.154. The fraction of sp³-hybridized carbons (Fsp3) is 0.667. The molecule has 0 bridgehead atoms. The van der Waals surface area contributed by atoms with Gasteiger partial charge in [0.2, 0.25) is 0 Å². The molecule has 1 rings (SSSR count). The van der Waals surface area contributed by atoms with Crippen LogP contribution in [0.25, 0.3) is 0 Å². The van der Waals surface area contributed by atoms with Crippen LogP contribution in [0.1, 0.15) is 26.2 Å². The van der Waals surface area contributed by atoms with Crippen molar-refractivity contribution in [1.29, 1.82) is 0 Å². The van der Waals surface area contributed by atoms with Gasteiger partial charge in [0.05, 0.1) is 0 Å². The van der Waals surface area contributed by atoms with Gasteiger partial charge in [-0.15, -0.1) is 0 Å². The summed E-state index contributed by atoms with van der Waals surface area (Å²) in [5.74, 6) is 1.26. The molecular formula is C9H13NO3. The van der Waals surface area contributed by atoms with E-state index in [-0.39, 0.29) is 17.7 Å². The van der Waals surface area contributed by atoms with Crippen molar-refractivity contribution in [3.05, 3.63) is 5.57 Å². The van der Waals surface area contributed by atoms with Gasteiger partial charge in [-0.25, -0.2) is 4.79 Å². The Morgan fingerprint density at radius 3 is 3.00 bits per heavy atom. The van der Waals surface area contributed by atoms with E-state index in [1.807, 2.05) is 0 Å². The lowest BCUT2D eigenvalue weighted by molar-refractivity contribution is -0.118. The van der Waals surface area contributed by atoms with E-state index in [9.17, 15) is 9.59 Å². The highest BCUT2D eigenvalue weighted by atomic mass is 16.5. The zero-order valence-electron chi connectivity index (χ0n) is 7.63. The number of carbonyl (C=O) groups is 1. The van der Waals surface area contributed by atoms with Crippen LogP contribution in [0.3, 0.4) is 0 Å². The van der Waals surface area contributed by atoms with Crippen LogP contribution in [0.2, 0.25) is 0 Å². The summed E-state index contributed by atoms with van der Waals surface area (Å²) >= 11 is 0. The Balaban J connectivity index is 2.32. The number of carbonyl (C=O) groups excluding carboxylic acids is 2. The highest BCUT2D eigenvalue weighted by molar-refractivity contribution is 6.02. The van der Waals surface area contributed by atoms with Crippen molar-refractivity contribution < 1.29 is 14.3 Å². The average Bonchev–Trinajstić information content (AvgIpc) is 2.47. The molecule has 1 N–H and O–H groups in total. The van der Waals surface area contributed by atoms with Gasteiger partial charge < -0.3 is 10.1 Å². The zero-order chi connectivity index (χ0) is 9.68. The first-order valence-electron chi connectivity index (χ1n) is 4.44. The Bertz CT molecular complexity index is 243. The van der Waals surface area contributed by atoms with Gasteiger partial charge in [-0.2, -0.15) is 0 Å². The predicted octanol–water partition coefficient (Wildman–Crippen LogP) is 0.407.